The molecule has 2 aromatic heterocycles. The summed E-state index contributed by atoms with van der Waals surface area (Å²) in [5.74, 6) is 0.886. The van der Waals surface area contributed by atoms with Crippen molar-refractivity contribution in [2.24, 2.45) is 14.1 Å². The van der Waals surface area contributed by atoms with Gasteiger partial charge in [0.2, 0.25) is 11.8 Å². The van der Waals surface area contributed by atoms with Gasteiger partial charge in [-0.05, 0) is 6.42 Å². The van der Waals surface area contributed by atoms with Gasteiger partial charge in [0.15, 0.2) is 0 Å². The molecule has 2 amide bonds. The highest BCUT2D eigenvalue weighted by Crippen LogP contribution is 2.34. The fourth-order valence-electron chi connectivity index (χ4n) is 4.26. The Morgan fingerprint density at radius 3 is 2.74 bits per heavy atom. The summed E-state index contributed by atoms with van der Waals surface area (Å²) in [5.41, 5.74) is 0.411. The smallest absolute Gasteiger partial charge is 0.246 e. The molecule has 2 aliphatic heterocycles. The standard InChI is InChI=1S/C18H25N7O2/c1-14(26)25-11-17(27)24(15-8-20-22(3)9-15)13-18(25)4-6-23(12-18)10-16-19-5-7-21(16)2/h5,7-9H,4,6,10-13H2,1-3H3/t18-/m1/s1. The van der Waals surface area contributed by atoms with Crippen LogP contribution in [0.25, 0.3) is 0 Å². The number of likely N-dealkylation sites (tertiary alicyclic amines) is 1. The average Bonchev–Trinajstić information content (AvgIpc) is 3.32. The van der Waals surface area contributed by atoms with E-state index in [-0.39, 0.29) is 23.9 Å². The van der Waals surface area contributed by atoms with E-state index < -0.39 is 0 Å². The summed E-state index contributed by atoms with van der Waals surface area (Å²) in [5, 5.41) is 4.19. The molecule has 4 heterocycles. The van der Waals surface area contributed by atoms with Gasteiger partial charge in [0.25, 0.3) is 0 Å². The van der Waals surface area contributed by atoms with Crippen molar-refractivity contribution in [2.75, 3.05) is 31.1 Å². The highest BCUT2D eigenvalue weighted by Gasteiger charge is 2.50. The van der Waals surface area contributed by atoms with Crippen LogP contribution in [0, 0.1) is 0 Å². The first-order chi connectivity index (χ1) is 12.9. The molecule has 9 nitrogen and oxygen atoms in total. The Morgan fingerprint density at radius 2 is 2.11 bits per heavy atom. The van der Waals surface area contributed by atoms with Gasteiger partial charge in [-0.2, -0.15) is 5.10 Å². The van der Waals surface area contributed by atoms with E-state index in [1.807, 2.05) is 31.1 Å². The second-order valence-electron chi connectivity index (χ2n) is 7.60. The molecule has 9 heteroatoms. The zero-order valence-electron chi connectivity index (χ0n) is 16.0. The van der Waals surface area contributed by atoms with Crippen LogP contribution in [0.1, 0.15) is 19.2 Å². The van der Waals surface area contributed by atoms with Crippen molar-refractivity contribution < 1.29 is 9.59 Å². The number of rotatable bonds is 3. The SMILES string of the molecule is CC(=O)N1CC(=O)N(c2cnn(C)c2)C[C@]12CCN(Cc1nccn1C)C2. The van der Waals surface area contributed by atoms with Gasteiger partial charge in [0.1, 0.15) is 12.4 Å². The molecule has 144 valence electrons. The normalized spacial score (nSPS) is 23.6. The molecule has 0 saturated carbocycles. The number of amides is 2. The molecule has 0 N–H and O–H groups in total. The third-order valence-electron chi connectivity index (χ3n) is 5.70. The van der Waals surface area contributed by atoms with Gasteiger partial charge in [0.05, 0.1) is 30.5 Å². The second-order valence-corrected chi connectivity index (χ2v) is 7.60. The number of piperazine rings is 1. The fraction of sp³-hybridized carbons (Fsp3) is 0.556. The molecule has 0 aromatic carbocycles. The van der Waals surface area contributed by atoms with Crippen molar-refractivity contribution in [1.29, 1.82) is 0 Å². The Bertz CT molecular complexity index is 873. The number of hydrogen-bond donors (Lipinski definition) is 0. The van der Waals surface area contributed by atoms with E-state index in [0.29, 0.717) is 6.54 Å². The van der Waals surface area contributed by atoms with Gasteiger partial charge < -0.3 is 14.4 Å². The van der Waals surface area contributed by atoms with Gasteiger partial charge in [0, 0.05) is 52.7 Å². The number of hydrogen-bond acceptors (Lipinski definition) is 5. The van der Waals surface area contributed by atoms with Gasteiger partial charge >= 0.3 is 0 Å². The van der Waals surface area contributed by atoms with Crippen LogP contribution in [0.2, 0.25) is 0 Å². The van der Waals surface area contributed by atoms with Crippen molar-refractivity contribution >= 4 is 17.5 Å². The second kappa shape index (κ2) is 6.49. The van der Waals surface area contributed by atoms with Crippen molar-refractivity contribution in [1.82, 2.24) is 29.1 Å². The topological polar surface area (TPSA) is 79.5 Å². The lowest BCUT2D eigenvalue weighted by atomic mass is 9.92. The van der Waals surface area contributed by atoms with Gasteiger partial charge in [-0.1, -0.05) is 0 Å². The number of nitrogens with zero attached hydrogens (tertiary/aromatic N) is 7. The molecule has 2 aromatic rings. The van der Waals surface area contributed by atoms with Crippen LogP contribution in [0.3, 0.4) is 0 Å². The first-order valence-corrected chi connectivity index (χ1v) is 9.14. The monoisotopic (exact) mass is 371 g/mol. The fourth-order valence-corrected chi connectivity index (χ4v) is 4.26. The number of imidazole rings is 1. The number of carbonyl (C=O) groups excluding carboxylic acids is 2. The lowest BCUT2D eigenvalue weighted by Crippen LogP contribution is -2.66. The van der Waals surface area contributed by atoms with E-state index in [2.05, 4.69) is 15.0 Å². The van der Waals surface area contributed by atoms with Gasteiger partial charge in [-0.3, -0.25) is 19.2 Å². The molecule has 0 aliphatic carbocycles. The highest BCUT2D eigenvalue weighted by molar-refractivity contribution is 5.98. The zero-order chi connectivity index (χ0) is 19.2. The number of aromatic nitrogens is 4. The summed E-state index contributed by atoms with van der Waals surface area (Å²) in [6.07, 6.45) is 8.12. The summed E-state index contributed by atoms with van der Waals surface area (Å²) >= 11 is 0. The number of aryl methyl sites for hydroxylation is 2. The minimum atomic E-state index is -0.374. The molecule has 2 aliphatic rings. The van der Waals surface area contributed by atoms with E-state index in [1.165, 1.54) is 0 Å². The molecule has 2 saturated heterocycles. The van der Waals surface area contributed by atoms with Crippen LogP contribution in [0.5, 0.6) is 0 Å². The molecule has 2 fully saturated rings. The van der Waals surface area contributed by atoms with Gasteiger partial charge in [-0.25, -0.2) is 4.98 Å². The quantitative estimate of drug-likeness (QED) is 0.758. The molecule has 1 atom stereocenters. The molecule has 4 rings (SSSR count). The van der Waals surface area contributed by atoms with Gasteiger partial charge in [-0.15, -0.1) is 0 Å². The lowest BCUT2D eigenvalue weighted by molar-refractivity contribution is -0.142. The molecule has 0 bridgehead atoms. The average molecular weight is 371 g/mol. The first-order valence-electron chi connectivity index (χ1n) is 9.14. The van der Waals surface area contributed by atoms with E-state index >= 15 is 0 Å². The molecular formula is C18H25N7O2. The van der Waals surface area contributed by atoms with Crippen LogP contribution in [-0.4, -0.2) is 72.7 Å². The molecule has 27 heavy (non-hydrogen) atoms. The van der Waals surface area contributed by atoms with Crippen molar-refractivity contribution in [3.05, 3.63) is 30.6 Å². The Labute approximate surface area is 158 Å². The summed E-state index contributed by atoms with van der Waals surface area (Å²) < 4.78 is 3.70. The Balaban J connectivity index is 1.58. The Morgan fingerprint density at radius 1 is 1.30 bits per heavy atom. The Hall–Kier alpha value is -2.68. The van der Waals surface area contributed by atoms with Crippen LogP contribution < -0.4 is 4.90 Å². The van der Waals surface area contributed by atoms with E-state index in [4.69, 9.17) is 0 Å². The highest BCUT2D eigenvalue weighted by atomic mass is 16.2. The van der Waals surface area contributed by atoms with E-state index in [9.17, 15) is 9.59 Å². The molecule has 0 radical (unpaired) electrons. The zero-order valence-corrected chi connectivity index (χ0v) is 16.0. The maximum atomic E-state index is 12.7. The predicted molar refractivity (Wildman–Crippen MR) is 98.8 cm³/mol. The largest absolute Gasteiger partial charge is 0.337 e. The van der Waals surface area contributed by atoms with E-state index in [0.717, 1.165) is 37.6 Å². The van der Waals surface area contributed by atoms with Crippen LogP contribution in [0.4, 0.5) is 5.69 Å². The predicted octanol–water partition coefficient (Wildman–Crippen LogP) is -0.00660. The summed E-state index contributed by atoms with van der Waals surface area (Å²) in [6, 6.07) is 0. The molecule has 0 unspecified atom stereocenters. The minimum absolute atomic E-state index is 0.0481. The van der Waals surface area contributed by atoms with Crippen LogP contribution in [0.15, 0.2) is 24.8 Å². The summed E-state index contributed by atoms with van der Waals surface area (Å²) in [7, 11) is 3.82. The van der Waals surface area contributed by atoms with Crippen LogP contribution >= 0.6 is 0 Å². The van der Waals surface area contributed by atoms with Crippen LogP contribution in [-0.2, 0) is 30.2 Å². The molecular weight excluding hydrogens is 346 g/mol. The van der Waals surface area contributed by atoms with Crippen molar-refractivity contribution in [3.63, 3.8) is 0 Å². The first kappa shape index (κ1) is 17.7. The third kappa shape index (κ3) is 3.12. The van der Waals surface area contributed by atoms with Crippen molar-refractivity contribution in [2.45, 2.75) is 25.4 Å². The maximum absolute atomic E-state index is 12.7. The Kier molecular flexibility index (Phi) is 4.26. The summed E-state index contributed by atoms with van der Waals surface area (Å²) in [4.78, 5) is 35.3. The number of anilines is 1. The van der Waals surface area contributed by atoms with E-state index in [1.54, 1.807) is 33.8 Å². The summed E-state index contributed by atoms with van der Waals surface area (Å²) in [6.45, 7) is 4.48. The lowest BCUT2D eigenvalue weighted by Gasteiger charge is -2.48. The van der Waals surface area contributed by atoms with Crippen molar-refractivity contribution in [3.8, 4) is 0 Å². The molecule has 1 spiro atoms. The minimum Gasteiger partial charge on any atom is -0.337 e. The third-order valence-corrected chi connectivity index (χ3v) is 5.70. The maximum Gasteiger partial charge on any atom is 0.246 e. The number of carbonyl (C=O) groups is 2.